The standard InChI is InChI=1S/C22H33N/c1-3-4-5-6-7-8-9-12-18-17(2)15-16-20-19-13-10-11-14-21(19)23-22(18)20/h10-11,13-14,17-18,23H,3-9,12,15-16H2,1-2H3. The Morgan fingerprint density at radius 2 is 1.74 bits per heavy atom. The van der Waals surface area contributed by atoms with Gasteiger partial charge >= 0.3 is 0 Å². The highest BCUT2D eigenvalue weighted by molar-refractivity contribution is 5.85. The third-order valence-corrected chi connectivity index (χ3v) is 5.87. The van der Waals surface area contributed by atoms with Crippen LogP contribution in [0, 0.1) is 5.92 Å². The second-order valence-electron chi connectivity index (χ2n) is 7.60. The molecule has 1 aliphatic carbocycles. The molecule has 0 amide bonds. The van der Waals surface area contributed by atoms with E-state index in [0.29, 0.717) is 0 Å². The van der Waals surface area contributed by atoms with Crippen molar-refractivity contribution in [1.82, 2.24) is 4.98 Å². The van der Waals surface area contributed by atoms with E-state index in [9.17, 15) is 0 Å². The van der Waals surface area contributed by atoms with E-state index in [4.69, 9.17) is 0 Å². The third kappa shape index (κ3) is 3.82. The van der Waals surface area contributed by atoms with Crippen LogP contribution in [0.15, 0.2) is 24.3 Å². The Labute approximate surface area is 141 Å². The topological polar surface area (TPSA) is 15.8 Å². The fourth-order valence-electron chi connectivity index (χ4n) is 4.41. The van der Waals surface area contributed by atoms with Crippen molar-refractivity contribution in [3.63, 3.8) is 0 Å². The molecule has 0 saturated carbocycles. The quantitative estimate of drug-likeness (QED) is 0.506. The summed E-state index contributed by atoms with van der Waals surface area (Å²) >= 11 is 0. The summed E-state index contributed by atoms with van der Waals surface area (Å²) in [6.45, 7) is 4.75. The first kappa shape index (κ1) is 16.6. The van der Waals surface area contributed by atoms with E-state index in [0.717, 1.165) is 11.8 Å². The zero-order chi connectivity index (χ0) is 16.1. The minimum Gasteiger partial charge on any atom is -0.358 e. The van der Waals surface area contributed by atoms with Crippen molar-refractivity contribution in [2.45, 2.75) is 84.0 Å². The van der Waals surface area contributed by atoms with Crippen LogP contribution in [0.2, 0.25) is 0 Å². The summed E-state index contributed by atoms with van der Waals surface area (Å²) in [7, 11) is 0. The average Bonchev–Trinajstić information content (AvgIpc) is 2.94. The summed E-state index contributed by atoms with van der Waals surface area (Å²) in [6.07, 6.45) is 13.9. The molecule has 1 aromatic carbocycles. The molecule has 1 nitrogen and oxygen atoms in total. The molecule has 2 unspecified atom stereocenters. The first-order valence-corrected chi connectivity index (χ1v) is 9.90. The molecule has 1 heterocycles. The van der Waals surface area contributed by atoms with Crippen molar-refractivity contribution in [3.8, 4) is 0 Å². The summed E-state index contributed by atoms with van der Waals surface area (Å²) in [4.78, 5) is 3.77. The van der Waals surface area contributed by atoms with Crippen LogP contribution in [0.1, 0.15) is 88.8 Å². The van der Waals surface area contributed by atoms with Crippen LogP contribution < -0.4 is 0 Å². The lowest BCUT2D eigenvalue weighted by molar-refractivity contribution is 0.366. The number of aromatic amines is 1. The largest absolute Gasteiger partial charge is 0.358 e. The van der Waals surface area contributed by atoms with Crippen molar-refractivity contribution in [2.75, 3.05) is 0 Å². The molecule has 0 radical (unpaired) electrons. The molecule has 23 heavy (non-hydrogen) atoms. The summed E-state index contributed by atoms with van der Waals surface area (Å²) in [5.74, 6) is 1.58. The van der Waals surface area contributed by atoms with E-state index in [1.54, 1.807) is 11.3 Å². The molecule has 126 valence electrons. The number of fused-ring (bicyclic) bond motifs is 3. The molecule has 0 spiro atoms. The van der Waals surface area contributed by atoms with Crippen molar-refractivity contribution >= 4 is 10.9 Å². The molecule has 1 aliphatic rings. The van der Waals surface area contributed by atoms with Crippen LogP contribution in [0.4, 0.5) is 0 Å². The van der Waals surface area contributed by atoms with Crippen LogP contribution in [-0.4, -0.2) is 4.98 Å². The van der Waals surface area contributed by atoms with E-state index >= 15 is 0 Å². The van der Waals surface area contributed by atoms with Gasteiger partial charge in [-0.25, -0.2) is 0 Å². The Hall–Kier alpha value is -1.24. The predicted octanol–water partition coefficient (Wildman–Crippen LogP) is 6.97. The molecule has 1 heteroatoms. The van der Waals surface area contributed by atoms with Crippen LogP contribution in [0.3, 0.4) is 0 Å². The summed E-state index contributed by atoms with van der Waals surface area (Å²) in [5, 5.41) is 1.47. The van der Waals surface area contributed by atoms with Gasteiger partial charge in [0, 0.05) is 22.5 Å². The first-order valence-electron chi connectivity index (χ1n) is 9.90. The Morgan fingerprint density at radius 3 is 2.57 bits per heavy atom. The van der Waals surface area contributed by atoms with Crippen molar-refractivity contribution < 1.29 is 0 Å². The highest BCUT2D eigenvalue weighted by Crippen LogP contribution is 2.41. The Bertz CT molecular complexity index is 609. The van der Waals surface area contributed by atoms with Crippen LogP contribution in [0.5, 0.6) is 0 Å². The lowest BCUT2D eigenvalue weighted by atomic mass is 9.76. The van der Waals surface area contributed by atoms with E-state index in [1.165, 1.54) is 75.1 Å². The average molecular weight is 312 g/mol. The molecule has 0 bridgehead atoms. The normalized spacial score (nSPS) is 20.8. The zero-order valence-electron chi connectivity index (χ0n) is 15.0. The Balaban J connectivity index is 1.59. The Kier molecular flexibility index (Phi) is 5.80. The van der Waals surface area contributed by atoms with Crippen molar-refractivity contribution in [2.24, 2.45) is 5.92 Å². The molecule has 1 aromatic heterocycles. The predicted molar refractivity (Wildman–Crippen MR) is 101 cm³/mol. The second kappa shape index (κ2) is 8.04. The molecule has 2 atom stereocenters. The van der Waals surface area contributed by atoms with E-state index in [2.05, 4.69) is 43.1 Å². The van der Waals surface area contributed by atoms with Gasteiger partial charge < -0.3 is 4.98 Å². The minimum atomic E-state index is 0.752. The molecule has 0 aliphatic heterocycles. The number of rotatable bonds is 8. The summed E-state index contributed by atoms with van der Waals surface area (Å²) in [5.41, 5.74) is 4.53. The number of nitrogens with one attached hydrogen (secondary N) is 1. The van der Waals surface area contributed by atoms with Gasteiger partial charge in [-0.1, -0.05) is 77.0 Å². The third-order valence-electron chi connectivity index (χ3n) is 5.87. The lowest BCUT2D eigenvalue weighted by Crippen LogP contribution is -2.18. The first-order chi connectivity index (χ1) is 11.3. The van der Waals surface area contributed by atoms with E-state index < -0.39 is 0 Å². The van der Waals surface area contributed by atoms with Gasteiger partial charge in [-0.3, -0.25) is 0 Å². The fourth-order valence-corrected chi connectivity index (χ4v) is 4.41. The fraction of sp³-hybridized carbons (Fsp3) is 0.636. The number of hydrogen-bond acceptors (Lipinski definition) is 0. The number of unbranched alkanes of at least 4 members (excludes halogenated alkanes) is 6. The van der Waals surface area contributed by atoms with Crippen LogP contribution >= 0.6 is 0 Å². The number of benzene rings is 1. The van der Waals surface area contributed by atoms with Crippen molar-refractivity contribution in [1.29, 1.82) is 0 Å². The molecular weight excluding hydrogens is 278 g/mol. The molecule has 1 N–H and O–H groups in total. The second-order valence-corrected chi connectivity index (χ2v) is 7.60. The van der Waals surface area contributed by atoms with E-state index in [-0.39, 0.29) is 0 Å². The number of hydrogen-bond donors (Lipinski definition) is 1. The number of aromatic nitrogens is 1. The van der Waals surface area contributed by atoms with Crippen LogP contribution in [-0.2, 0) is 6.42 Å². The van der Waals surface area contributed by atoms with Gasteiger partial charge in [-0.05, 0) is 36.8 Å². The monoisotopic (exact) mass is 311 g/mol. The van der Waals surface area contributed by atoms with Gasteiger partial charge in [-0.2, -0.15) is 0 Å². The van der Waals surface area contributed by atoms with Gasteiger partial charge in [0.1, 0.15) is 0 Å². The van der Waals surface area contributed by atoms with Gasteiger partial charge in [-0.15, -0.1) is 0 Å². The van der Waals surface area contributed by atoms with Gasteiger partial charge in [0.2, 0.25) is 0 Å². The summed E-state index contributed by atoms with van der Waals surface area (Å²) in [6, 6.07) is 8.87. The highest BCUT2D eigenvalue weighted by atomic mass is 14.7. The van der Waals surface area contributed by atoms with Gasteiger partial charge in [0.05, 0.1) is 0 Å². The number of H-pyrrole nitrogens is 1. The highest BCUT2D eigenvalue weighted by Gasteiger charge is 2.28. The summed E-state index contributed by atoms with van der Waals surface area (Å²) < 4.78 is 0. The molecule has 0 fully saturated rings. The smallest absolute Gasteiger partial charge is 0.0459 e. The number of para-hydroxylation sites is 1. The van der Waals surface area contributed by atoms with Crippen molar-refractivity contribution in [3.05, 3.63) is 35.5 Å². The van der Waals surface area contributed by atoms with Crippen LogP contribution in [0.25, 0.3) is 10.9 Å². The molecular formula is C22H33N. The molecule has 3 rings (SSSR count). The van der Waals surface area contributed by atoms with Gasteiger partial charge in [0.15, 0.2) is 0 Å². The maximum absolute atomic E-state index is 3.77. The lowest BCUT2D eigenvalue weighted by Gasteiger charge is -2.29. The maximum Gasteiger partial charge on any atom is 0.0459 e. The number of aryl methyl sites for hydroxylation is 1. The SMILES string of the molecule is CCCCCCCCCC1c2[nH]c3ccccc3c2CCC1C. The minimum absolute atomic E-state index is 0.752. The maximum atomic E-state index is 3.77. The molecule has 0 saturated heterocycles. The van der Waals surface area contributed by atoms with Gasteiger partial charge in [0.25, 0.3) is 0 Å². The Morgan fingerprint density at radius 1 is 1.00 bits per heavy atom. The zero-order valence-corrected chi connectivity index (χ0v) is 15.0. The molecule has 2 aromatic rings. The van der Waals surface area contributed by atoms with E-state index in [1.807, 2.05) is 0 Å².